The average molecular weight is 275 g/mol. The van der Waals surface area contributed by atoms with E-state index < -0.39 is 0 Å². The quantitative estimate of drug-likeness (QED) is 0.753. The van der Waals surface area contributed by atoms with Gasteiger partial charge in [0.05, 0.1) is 26.4 Å². The summed E-state index contributed by atoms with van der Waals surface area (Å²) in [6.45, 7) is 1.84. The van der Waals surface area contributed by atoms with Gasteiger partial charge in [-0.1, -0.05) is 30.3 Å². The first-order valence-electron chi connectivity index (χ1n) is 6.74. The number of fused-ring (bicyclic) bond motifs is 1. The third-order valence-corrected chi connectivity index (χ3v) is 3.53. The van der Waals surface area contributed by atoms with Crippen molar-refractivity contribution in [2.24, 2.45) is 0 Å². The highest BCUT2D eigenvalue weighted by atomic mass is 16.5. The van der Waals surface area contributed by atoms with Crippen molar-refractivity contribution in [1.29, 1.82) is 0 Å². The van der Waals surface area contributed by atoms with Gasteiger partial charge in [0, 0.05) is 11.4 Å². The minimum atomic E-state index is -0.314. The Labute approximate surface area is 119 Å². The van der Waals surface area contributed by atoms with Gasteiger partial charge in [0.25, 0.3) is 0 Å². The van der Waals surface area contributed by atoms with Crippen LogP contribution in [0, 0.1) is 0 Å². The van der Waals surface area contributed by atoms with Crippen LogP contribution in [0.25, 0.3) is 10.8 Å². The Morgan fingerprint density at radius 1 is 1.05 bits per heavy atom. The molecule has 0 amide bonds. The monoisotopic (exact) mass is 275 g/mol. The maximum Gasteiger partial charge on any atom is 0.126 e. The highest BCUT2D eigenvalue weighted by Gasteiger charge is 2.15. The molecule has 108 valence electrons. The molecule has 0 fully saturated rings. The van der Waals surface area contributed by atoms with E-state index in [0.717, 1.165) is 22.1 Å². The van der Waals surface area contributed by atoms with Crippen molar-refractivity contribution in [2.45, 2.75) is 19.0 Å². The van der Waals surface area contributed by atoms with Gasteiger partial charge in [0.1, 0.15) is 5.75 Å². The Morgan fingerprint density at radius 2 is 1.70 bits per heavy atom. The largest absolute Gasteiger partial charge is 0.496 e. The van der Waals surface area contributed by atoms with Crippen LogP contribution in [0.5, 0.6) is 5.75 Å². The lowest BCUT2D eigenvalue weighted by Crippen LogP contribution is -2.37. The molecule has 20 heavy (non-hydrogen) atoms. The SMILES string of the molecule is COc1ccc([C@H](C)NC(CO)CO)c2ccccc12. The smallest absolute Gasteiger partial charge is 0.126 e. The number of ether oxygens (including phenoxy) is 1. The summed E-state index contributed by atoms with van der Waals surface area (Å²) < 4.78 is 5.39. The van der Waals surface area contributed by atoms with Gasteiger partial charge in [0.15, 0.2) is 0 Å². The van der Waals surface area contributed by atoms with Crippen LogP contribution in [-0.4, -0.2) is 36.6 Å². The minimum absolute atomic E-state index is 0.0232. The second kappa shape index (κ2) is 6.70. The molecule has 0 aliphatic carbocycles. The van der Waals surface area contributed by atoms with E-state index in [1.165, 1.54) is 0 Å². The molecule has 0 radical (unpaired) electrons. The Hall–Kier alpha value is -1.62. The summed E-state index contributed by atoms with van der Waals surface area (Å²) in [5, 5.41) is 23.7. The number of aliphatic hydroxyl groups is 2. The van der Waals surface area contributed by atoms with Gasteiger partial charge in [-0.05, 0) is 23.9 Å². The van der Waals surface area contributed by atoms with E-state index in [4.69, 9.17) is 4.74 Å². The van der Waals surface area contributed by atoms with E-state index in [0.29, 0.717) is 0 Å². The Bertz CT molecular complexity index is 567. The third kappa shape index (κ3) is 2.93. The molecule has 0 heterocycles. The lowest BCUT2D eigenvalue weighted by Gasteiger charge is -2.22. The van der Waals surface area contributed by atoms with Crippen LogP contribution in [-0.2, 0) is 0 Å². The zero-order valence-corrected chi connectivity index (χ0v) is 11.8. The number of benzene rings is 2. The lowest BCUT2D eigenvalue weighted by atomic mass is 9.98. The van der Waals surface area contributed by atoms with Gasteiger partial charge in [-0.2, -0.15) is 0 Å². The molecule has 4 heteroatoms. The summed E-state index contributed by atoms with van der Waals surface area (Å²) in [5.74, 6) is 0.845. The van der Waals surface area contributed by atoms with E-state index in [9.17, 15) is 10.2 Å². The van der Waals surface area contributed by atoms with Crippen molar-refractivity contribution < 1.29 is 14.9 Å². The van der Waals surface area contributed by atoms with Crippen LogP contribution in [0.2, 0.25) is 0 Å². The summed E-state index contributed by atoms with van der Waals surface area (Å²) in [7, 11) is 1.66. The van der Waals surface area contributed by atoms with Crippen molar-refractivity contribution in [3.8, 4) is 5.75 Å². The molecular weight excluding hydrogens is 254 g/mol. The molecule has 3 N–H and O–H groups in total. The van der Waals surface area contributed by atoms with E-state index >= 15 is 0 Å². The van der Waals surface area contributed by atoms with Crippen LogP contribution in [0.3, 0.4) is 0 Å². The Kier molecular flexibility index (Phi) is 4.95. The normalized spacial score (nSPS) is 12.8. The molecule has 2 aromatic rings. The molecular formula is C16H21NO3. The third-order valence-electron chi connectivity index (χ3n) is 3.53. The number of hydrogen-bond donors (Lipinski definition) is 3. The van der Waals surface area contributed by atoms with Crippen molar-refractivity contribution in [2.75, 3.05) is 20.3 Å². The van der Waals surface area contributed by atoms with Crippen LogP contribution >= 0.6 is 0 Å². The van der Waals surface area contributed by atoms with E-state index in [2.05, 4.69) is 11.4 Å². The summed E-state index contributed by atoms with van der Waals surface area (Å²) in [6, 6.07) is 11.7. The van der Waals surface area contributed by atoms with Crippen LogP contribution in [0.1, 0.15) is 18.5 Å². The fraction of sp³-hybridized carbons (Fsp3) is 0.375. The number of rotatable bonds is 6. The first-order chi connectivity index (χ1) is 9.71. The Balaban J connectivity index is 2.39. The number of hydrogen-bond acceptors (Lipinski definition) is 4. The van der Waals surface area contributed by atoms with Crippen molar-refractivity contribution in [1.82, 2.24) is 5.32 Å². The molecule has 0 unspecified atom stereocenters. The number of aliphatic hydroxyl groups excluding tert-OH is 2. The van der Waals surface area contributed by atoms with Crippen LogP contribution < -0.4 is 10.1 Å². The fourth-order valence-corrected chi connectivity index (χ4v) is 2.46. The number of nitrogens with one attached hydrogen (secondary N) is 1. The minimum Gasteiger partial charge on any atom is -0.496 e. The number of methoxy groups -OCH3 is 1. The predicted molar refractivity (Wildman–Crippen MR) is 80.0 cm³/mol. The first-order valence-corrected chi connectivity index (χ1v) is 6.74. The molecule has 0 saturated carbocycles. The highest BCUT2D eigenvalue weighted by molar-refractivity contribution is 5.91. The van der Waals surface area contributed by atoms with Crippen molar-refractivity contribution in [3.63, 3.8) is 0 Å². The van der Waals surface area contributed by atoms with Gasteiger partial charge in [-0.15, -0.1) is 0 Å². The molecule has 0 aliphatic heterocycles. The molecule has 0 bridgehead atoms. The van der Waals surface area contributed by atoms with Gasteiger partial charge in [-0.3, -0.25) is 0 Å². The molecule has 0 aromatic heterocycles. The maximum absolute atomic E-state index is 9.17. The van der Waals surface area contributed by atoms with E-state index in [1.807, 2.05) is 37.3 Å². The standard InChI is InChI=1S/C16H21NO3/c1-11(17-12(9-18)10-19)13-7-8-16(20-2)15-6-4-3-5-14(13)15/h3-8,11-12,17-19H,9-10H2,1-2H3/t11-/m0/s1. The van der Waals surface area contributed by atoms with E-state index in [1.54, 1.807) is 7.11 Å². The summed E-state index contributed by atoms with van der Waals surface area (Å²) in [4.78, 5) is 0. The topological polar surface area (TPSA) is 61.7 Å². The molecule has 0 aliphatic rings. The van der Waals surface area contributed by atoms with E-state index in [-0.39, 0.29) is 25.3 Å². The summed E-state index contributed by atoms with van der Waals surface area (Å²) in [6.07, 6.45) is 0. The zero-order valence-electron chi connectivity index (χ0n) is 11.8. The molecule has 0 spiro atoms. The molecule has 2 rings (SSSR count). The maximum atomic E-state index is 9.17. The zero-order chi connectivity index (χ0) is 14.5. The average Bonchev–Trinajstić information content (AvgIpc) is 2.51. The second-order valence-corrected chi connectivity index (χ2v) is 4.85. The van der Waals surface area contributed by atoms with Crippen LogP contribution in [0.4, 0.5) is 0 Å². The fourth-order valence-electron chi connectivity index (χ4n) is 2.46. The Morgan fingerprint density at radius 3 is 2.30 bits per heavy atom. The lowest BCUT2D eigenvalue weighted by molar-refractivity contribution is 0.164. The van der Waals surface area contributed by atoms with Gasteiger partial charge in [-0.25, -0.2) is 0 Å². The van der Waals surface area contributed by atoms with Gasteiger partial charge < -0.3 is 20.3 Å². The van der Waals surface area contributed by atoms with Crippen molar-refractivity contribution >= 4 is 10.8 Å². The molecule has 0 saturated heterocycles. The summed E-state index contributed by atoms with van der Waals surface area (Å²) >= 11 is 0. The van der Waals surface area contributed by atoms with Gasteiger partial charge in [0.2, 0.25) is 0 Å². The van der Waals surface area contributed by atoms with Crippen molar-refractivity contribution in [3.05, 3.63) is 42.0 Å². The molecule has 4 nitrogen and oxygen atoms in total. The first kappa shape index (κ1) is 14.8. The van der Waals surface area contributed by atoms with Crippen LogP contribution in [0.15, 0.2) is 36.4 Å². The predicted octanol–water partition coefficient (Wildman–Crippen LogP) is 1.85. The summed E-state index contributed by atoms with van der Waals surface area (Å²) in [5.41, 5.74) is 1.12. The molecule has 1 atom stereocenters. The van der Waals surface area contributed by atoms with Gasteiger partial charge >= 0.3 is 0 Å². The highest BCUT2D eigenvalue weighted by Crippen LogP contribution is 2.31. The second-order valence-electron chi connectivity index (χ2n) is 4.85. The molecule has 2 aromatic carbocycles.